The predicted molar refractivity (Wildman–Crippen MR) is 316 cm³/mol. The van der Waals surface area contributed by atoms with Crippen LogP contribution in [-0.4, -0.2) is 37.2 Å². The number of rotatable bonds is 61. The van der Waals surface area contributed by atoms with Gasteiger partial charge in [-0.3, -0.25) is 14.4 Å². The highest BCUT2D eigenvalue weighted by molar-refractivity contribution is 5.71. The van der Waals surface area contributed by atoms with Crippen molar-refractivity contribution in [2.24, 2.45) is 0 Å². The van der Waals surface area contributed by atoms with Crippen LogP contribution in [0.5, 0.6) is 0 Å². The van der Waals surface area contributed by atoms with Crippen molar-refractivity contribution in [3.8, 4) is 0 Å². The molecular weight excluding hydrogens is 901 g/mol. The van der Waals surface area contributed by atoms with Gasteiger partial charge in [-0.25, -0.2) is 0 Å². The Kier molecular flexibility index (Phi) is 60.6. The summed E-state index contributed by atoms with van der Waals surface area (Å²) < 4.78 is 17.0. The largest absolute Gasteiger partial charge is 0.462 e. The molecule has 0 spiro atoms. The van der Waals surface area contributed by atoms with Crippen LogP contribution in [-0.2, 0) is 28.6 Å². The van der Waals surface area contributed by atoms with E-state index >= 15 is 0 Å². The molecule has 0 fully saturated rings. The van der Waals surface area contributed by atoms with Gasteiger partial charge in [0.2, 0.25) is 0 Å². The molecule has 0 saturated heterocycles. The maximum Gasteiger partial charge on any atom is 0.306 e. The summed E-state index contributed by atoms with van der Waals surface area (Å²) in [7, 11) is 0. The number of carbonyl (C=O) groups is 3. The molecule has 0 rings (SSSR count). The van der Waals surface area contributed by atoms with Crippen LogP contribution < -0.4 is 0 Å². The van der Waals surface area contributed by atoms with Gasteiger partial charge in [0.15, 0.2) is 6.10 Å². The second kappa shape index (κ2) is 62.4. The first-order valence-corrected chi connectivity index (χ1v) is 32.8. The van der Waals surface area contributed by atoms with Crippen LogP contribution in [0.25, 0.3) is 0 Å². The van der Waals surface area contributed by atoms with Crippen molar-refractivity contribution in [1.29, 1.82) is 0 Å². The lowest BCUT2D eigenvalue weighted by Gasteiger charge is -2.18. The molecule has 6 nitrogen and oxygen atoms in total. The third-order valence-corrected chi connectivity index (χ3v) is 14.9. The third-order valence-electron chi connectivity index (χ3n) is 14.9. The molecule has 0 aliphatic carbocycles. The van der Waals surface area contributed by atoms with Gasteiger partial charge in [-0.1, -0.05) is 302 Å². The van der Waals surface area contributed by atoms with Crippen molar-refractivity contribution in [1.82, 2.24) is 0 Å². The Morgan fingerprint density at radius 1 is 0.260 bits per heavy atom. The maximum absolute atomic E-state index is 12.9. The molecule has 0 aromatic heterocycles. The van der Waals surface area contributed by atoms with Crippen LogP contribution in [0, 0.1) is 0 Å². The number of unbranched alkanes of at least 4 members (excludes halogenated alkanes) is 46. The summed E-state index contributed by atoms with van der Waals surface area (Å²) in [6, 6.07) is 0. The van der Waals surface area contributed by atoms with Gasteiger partial charge in [-0.05, 0) is 70.6 Å². The standard InChI is InChI=1S/C67H126O6/c1-4-7-10-13-16-19-22-25-28-31-33-36-39-42-45-48-51-54-57-60-66(69)72-63-64(62-71-65(68)59-56-53-50-47-44-41-38-35-30-27-24-21-18-15-12-9-6-3)73-67(70)61-58-55-52-49-46-43-40-37-34-32-29-26-23-20-17-14-11-8-5-2/h25-26,28-29,64H,4-24,27,30-63H2,1-3H3/b28-25+,29-26+/t64-/m1/s1. The van der Waals surface area contributed by atoms with E-state index in [-0.39, 0.29) is 31.1 Å². The van der Waals surface area contributed by atoms with E-state index in [0.717, 1.165) is 57.8 Å². The molecule has 0 bridgehead atoms. The van der Waals surface area contributed by atoms with E-state index in [1.54, 1.807) is 0 Å². The van der Waals surface area contributed by atoms with E-state index < -0.39 is 6.10 Å². The van der Waals surface area contributed by atoms with Gasteiger partial charge in [0.25, 0.3) is 0 Å². The second-order valence-corrected chi connectivity index (χ2v) is 22.4. The molecule has 0 aliphatic heterocycles. The normalized spacial score (nSPS) is 12.1. The minimum absolute atomic E-state index is 0.0672. The molecule has 0 radical (unpaired) electrons. The summed E-state index contributed by atoms with van der Waals surface area (Å²) in [5.41, 5.74) is 0. The highest BCUT2D eigenvalue weighted by Gasteiger charge is 2.19. The number of allylic oxidation sites excluding steroid dienone is 4. The van der Waals surface area contributed by atoms with E-state index in [1.807, 2.05) is 0 Å². The molecule has 0 heterocycles. The zero-order valence-corrected chi connectivity index (χ0v) is 49.4. The van der Waals surface area contributed by atoms with Gasteiger partial charge in [0.05, 0.1) is 0 Å². The van der Waals surface area contributed by atoms with Crippen LogP contribution in [0.4, 0.5) is 0 Å². The first-order valence-electron chi connectivity index (χ1n) is 32.8. The molecule has 73 heavy (non-hydrogen) atoms. The molecule has 1 atom stereocenters. The summed E-state index contributed by atoms with van der Waals surface area (Å²) in [6.45, 7) is 6.70. The monoisotopic (exact) mass is 1030 g/mol. The Morgan fingerprint density at radius 3 is 0.685 bits per heavy atom. The fourth-order valence-electron chi connectivity index (χ4n) is 9.97. The molecule has 0 saturated carbocycles. The van der Waals surface area contributed by atoms with Gasteiger partial charge in [-0.15, -0.1) is 0 Å². The van der Waals surface area contributed by atoms with Gasteiger partial charge in [0, 0.05) is 19.3 Å². The van der Waals surface area contributed by atoms with Crippen LogP contribution in [0.2, 0.25) is 0 Å². The molecule has 0 amide bonds. The van der Waals surface area contributed by atoms with E-state index in [2.05, 4.69) is 45.1 Å². The average molecular weight is 1030 g/mol. The first kappa shape index (κ1) is 70.9. The Labute approximate surface area is 455 Å². The van der Waals surface area contributed by atoms with E-state index in [1.165, 1.54) is 270 Å². The lowest BCUT2D eigenvalue weighted by Crippen LogP contribution is -2.30. The van der Waals surface area contributed by atoms with Crippen molar-refractivity contribution >= 4 is 17.9 Å². The summed E-state index contributed by atoms with van der Waals surface area (Å²) in [6.07, 6.45) is 74.6. The minimum Gasteiger partial charge on any atom is -0.462 e. The Bertz CT molecular complexity index is 1180. The fourth-order valence-corrected chi connectivity index (χ4v) is 9.97. The molecule has 430 valence electrons. The Balaban J connectivity index is 4.32. The Hall–Kier alpha value is -2.11. The fraction of sp³-hybridized carbons (Fsp3) is 0.896. The molecule has 0 N–H and O–H groups in total. The number of ether oxygens (including phenoxy) is 3. The van der Waals surface area contributed by atoms with Crippen LogP contribution in [0.3, 0.4) is 0 Å². The minimum atomic E-state index is -0.770. The van der Waals surface area contributed by atoms with Crippen LogP contribution in [0.15, 0.2) is 24.3 Å². The average Bonchev–Trinajstić information content (AvgIpc) is 3.39. The summed E-state index contributed by atoms with van der Waals surface area (Å²) in [5.74, 6) is -0.843. The molecule has 0 unspecified atom stereocenters. The number of hydrogen-bond acceptors (Lipinski definition) is 6. The van der Waals surface area contributed by atoms with Crippen LogP contribution in [0.1, 0.15) is 367 Å². The van der Waals surface area contributed by atoms with Crippen LogP contribution >= 0.6 is 0 Å². The quantitative estimate of drug-likeness (QED) is 0.0261. The molecular formula is C67H126O6. The molecule has 0 aliphatic rings. The van der Waals surface area contributed by atoms with E-state index in [9.17, 15) is 14.4 Å². The molecule has 0 aromatic rings. The summed E-state index contributed by atoms with van der Waals surface area (Å²) >= 11 is 0. The van der Waals surface area contributed by atoms with Gasteiger partial charge in [-0.2, -0.15) is 0 Å². The first-order chi connectivity index (χ1) is 36.0. The van der Waals surface area contributed by atoms with Crippen molar-refractivity contribution in [3.05, 3.63) is 24.3 Å². The second-order valence-electron chi connectivity index (χ2n) is 22.4. The zero-order chi connectivity index (χ0) is 52.9. The summed E-state index contributed by atoms with van der Waals surface area (Å²) in [5, 5.41) is 0. The number of carbonyl (C=O) groups excluding carboxylic acids is 3. The Morgan fingerprint density at radius 2 is 0.452 bits per heavy atom. The molecule has 6 heteroatoms. The maximum atomic E-state index is 12.9. The van der Waals surface area contributed by atoms with E-state index in [0.29, 0.717) is 19.3 Å². The number of hydrogen-bond donors (Lipinski definition) is 0. The predicted octanol–water partition coefficient (Wildman–Crippen LogP) is 22.2. The van der Waals surface area contributed by atoms with Crippen molar-refractivity contribution in [3.63, 3.8) is 0 Å². The lowest BCUT2D eigenvalue weighted by atomic mass is 10.0. The summed E-state index contributed by atoms with van der Waals surface area (Å²) in [4.78, 5) is 38.4. The van der Waals surface area contributed by atoms with Gasteiger partial charge >= 0.3 is 17.9 Å². The highest BCUT2D eigenvalue weighted by Crippen LogP contribution is 2.18. The van der Waals surface area contributed by atoms with Gasteiger partial charge < -0.3 is 14.2 Å². The zero-order valence-electron chi connectivity index (χ0n) is 49.4. The molecule has 0 aromatic carbocycles. The van der Waals surface area contributed by atoms with Crippen molar-refractivity contribution in [2.75, 3.05) is 13.2 Å². The van der Waals surface area contributed by atoms with Crippen molar-refractivity contribution < 1.29 is 28.6 Å². The lowest BCUT2D eigenvalue weighted by molar-refractivity contribution is -0.167. The van der Waals surface area contributed by atoms with Crippen molar-refractivity contribution in [2.45, 2.75) is 374 Å². The van der Waals surface area contributed by atoms with Gasteiger partial charge in [0.1, 0.15) is 13.2 Å². The topological polar surface area (TPSA) is 78.9 Å². The third kappa shape index (κ3) is 60.6. The SMILES string of the molecule is CCCCCCCC/C=C/CCCCCCCCCCCC(=O)OC[C@@H](COC(=O)CCCCCCCCCCCCCCCCCCC)OC(=O)CCCCCCCCCCC/C=C/CCCCCCCC. The number of esters is 3. The highest BCUT2D eigenvalue weighted by atomic mass is 16.6. The smallest absolute Gasteiger partial charge is 0.306 e. The van der Waals surface area contributed by atoms with E-state index in [4.69, 9.17) is 14.2 Å².